The normalized spacial score (nSPS) is 11.2. The van der Waals surface area contributed by atoms with Crippen molar-refractivity contribution in [2.75, 3.05) is 18.5 Å². The molecule has 0 unspecified atom stereocenters. The van der Waals surface area contributed by atoms with Crippen molar-refractivity contribution in [1.29, 1.82) is 0 Å². The summed E-state index contributed by atoms with van der Waals surface area (Å²) >= 11 is 5.64. The quantitative estimate of drug-likeness (QED) is 0.889. The number of rotatable bonds is 4. The molecule has 0 spiro atoms. The molecule has 1 rings (SSSR count). The second-order valence-corrected chi connectivity index (χ2v) is 3.73. The van der Waals surface area contributed by atoms with E-state index in [1.807, 2.05) is 0 Å². The van der Waals surface area contributed by atoms with Crippen molar-refractivity contribution in [3.8, 4) is 5.75 Å². The van der Waals surface area contributed by atoms with Gasteiger partial charge in [-0.2, -0.15) is 13.2 Å². The van der Waals surface area contributed by atoms with Crippen molar-refractivity contribution in [3.63, 3.8) is 0 Å². The number of benzene rings is 1. The Morgan fingerprint density at radius 2 is 2.11 bits per heavy atom. The van der Waals surface area contributed by atoms with E-state index in [2.05, 4.69) is 10.1 Å². The number of anilines is 1. The van der Waals surface area contributed by atoms with Gasteiger partial charge < -0.3 is 15.8 Å². The second kappa shape index (κ2) is 5.92. The molecular weight excluding hydrogens is 273 g/mol. The molecule has 1 aromatic rings. The van der Waals surface area contributed by atoms with E-state index in [-0.39, 0.29) is 23.0 Å². The van der Waals surface area contributed by atoms with Crippen molar-refractivity contribution >= 4 is 23.2 Å². The monoisotopic (exact) mass is 282 g/mol. The van der Waals surface area contributed by atoms with Crippen LogP contribution < -0.4 is 15.8 Å². The first-order chi connectivity index (χ1) is 8.31. The Balaban J connectivity index is 2.86. The van der Waals surface area contributed by atoms with E-state index < -0.39 is 18.7 Å². The average molecular weight is 283 g/mol. The van der Waals surface area contributed by atoms with Crippen LogP contribution in [0.4, 0.5) is 18.9 Å². The molecule has 1 amide bonds. The van der Waals surface area contributed by atoms with E-state index in [4.69, 9.17) is 17.3 Å². The van der Waals surface area contributed by atoms with Gasteiger partial charge in [0.05, 0.1) is 12.2 Å². The topological polar surface area (TPSA) is 64.4 Å². The number of ether oxygens (including phenoxy) is 1. The summed E-state index contributed by atoms with van der Waals surface area (Å²) in [7, 11) is 0. The summed E-state index contributed by atoms with van der Waals surface area (Å²) in [5.41, 5.74) is 5.17. The third kappa shape index (κ3) is 4.80. The van der Waals surface area contributed by atoms with Gasteiger partial charge in [-0.1, -0.05) is 11.6 Å². The third-order valence-corrected chi connectivity index (χ3v) is 2.03. The van der Waals surface area contributed by atoms with Crippen LogP contribution in [0.15, 0.2) is 18.2 Å². The van der Waals surface area contributed by atoms with Gasteiger partial charge in [0.15, 0.2) is 6.61 Å². The van der Waals surface area contributed by atoms with Gasteiger partial charge in [0.1, 0.15) is 5.75 Å². The van der Waals surface area contributed by atoms with Crippen LogP contribution in [-0.4, -0.2) is 25.2 Å². The fourth-order valence-electron chi connectivity index (χ4n) is 1.08. The zero-order chi connectivity index (χ0) is 13.8. The van der Waals surface area contributed by atoms with Gasteiger partial charge in [0, 0.05) is 11.1 Å². The maximum Gasteiger partial charge on any atom is 0.422 e. The standard InChI is InChI=1S/C10H10ClF3N2O2/c11-6-1-2-7(16-9(17)4-15)8(3-6)18-5-10(12,13)14/h1-3H,4-5,15H2,(H,16,17). The molecule has 0 radical (unpaired) electrons. The molecule has 0 heterocycles. The largest absolute Gasteiger partial charge is 0.482 e. The highest BCUT2D eigenvalue weighted by molar-refractivity contribution is 6.30. The van der Waals surface area contributed by atoms with E-state index in [0.29, 0.717) is 0 Å². The molecule has 8 heteroatoms. The summed E-state index contributed by atoms with van der Waals surface area (Å²) in [6.07, 6.45) is -4.47. The van der Waals surface area contributed by atoms with E-state index in [1.165, 1.54) is 18.2 Å². The van der Waals surface area contributed by atoms with E-state index in [9.17, 15) is 18.0 Å². The number of carbonyl (C=O) groups is 1. The number of nitrogens with one attached hydrogen (secondary N) is 1. The molecule has 18 heavy (non-hydrogen) atoms. The van der Waals surface area contributed by atoms with Crippen LogP contribution in [0.2, 0.25) is 5.02 Å². The summed E-state index contributed by atoms with van der Waals surface area (Å²) in [5.74, 6) is -0.712. The molecule has 0 saturated carbocycles. The number of amides is 1. The minimum Gasteiger partial charge on any atom is -0.482 e. The Morgan fingerprint density at radius 3 is 2.67 bits per heavy atom. The van der Waals surface area contributed by atoms with Crippen molar-refractivity contribution in [2.24, 2.45) is 5.73 Å². The number of carbonyl (C=O) groups excluding carboxylic acids is 1. The van der Waals surface area contributed by atoms with Crippen molar-refractivity contribution in [1.82, 2.24) is 0 Å². The Hall–Kier alpha value is -1.47. The Kier molecular flexibility index (Phi) is 4.80. The molecule has 0 fully saturated rings. The molecule has 0 saturated heterocycles. The van der Waals surface area contributed by atoms with Crippen LogP contribution in [0.5, 0.6) is 5.75 Å². The molecule has 0 atom stereocenters. The van der Waals surface area contributed by atoms with Crippen molar-refractivity contribution < 1.29 is 22.7 Å². The molecule has 0 aliphatic rings. The Morgan fingerprint density at radius 1 is 1.44 bits per heavy atom. The predicted molar refractivity (Wildman–Crippen MR) is 60.7 cm³/mol. The SMILES string of the molecule is NCC(=O)Nc1ccc(Cl)cc1OCC(F)(F)F. The van der Waals surface area contributed by atoms with Gasteiger partial charge in [-0.15, -0.1) is 0 Å². The van der Waals surface area contributed by atoms with Gasteiger partial charge in [-0.3, -0.25) is 4.79 Å². The highest BCUT2D eigenvalue weighted by atomic mass is 35.5. The van der Waals surface area contributed by atoms with Gasteiger partial charge >= 0.3 is 6.18 Å². The van der Waals surface area contributed by atoms with Crippen LogP contribution in [-0.2, 0) is 4.79 Å². The minimum absolute atomic E-state index is 0.0825. The lowest BCUT2D eigenvalue weighted by molar-refractivity contribution is -0.153. The first kappa shape index (κ1) is 14.6. The van der Waals surface area contributed by atoms with E-state index in [1.54, 1.807) is 0 Å². The highest BCUT2D eigenvalue weighted by Gasteiger charge is 2.29. The Labute approximate surface area is 106 Å². The molecule has 4 nitrogen and oxygen atoms in total. The van der Waals surface area contributed by atoms with Crippen LogP contribution in [0.25, 0.3) is 0 Å². The maximum atomic E-state index is 12.0. The zero-order valence-corrected chi connectivity index (χ0v) is 9.81. The summed E-state index contributed by atoms with van der Waals surface area (Å²) in [6.45, 7) is -1.76. The molecule has 0 aliphatic carbocycles. The summed E-state index contributed by atoms with van der Waals surface area (Å²) in [4.78, 5) is 11.1. The first-order valence-electron chi connectivity index (χ1n) is 4.81. The predicted octanol–water partition coefficient (Wildman–Crippen LogP) is 2.18. The minimum atomic E-state index is -4.47. The molecule has 1 aromatic carbocycles. The number of halogens is 4. The van der Waals surface area contributed by atoms with Crippen LogP contribution >= 0.6 is 11.6 Å². The molecule has 0 aromatic heterocycles. The highest BCUT2D eigenvalue weighted by Crippen LogP contribution is 2.29. The molecule has 100 valence electrons. The number of hydrogen-bond donors (Lipinski definition) is 2. The molecular formula is C10H10ClF3N2O2. The number of hydrogen-bond acceptors (Lipinski definition) is 3. The lowest BCUT2D eigenvalue weighted by Crippen LogP contribution is -2.23. The first-order valence-corrected chi connectivity index (χ1v) is 5.18. The zero-order valence-electron chi connectivity index (χ0n) is 9.05. The van der Waals surface area contributed by atoms with E-state index >= 15 is 0 Å². The number of nitrogens with two attached hydrogens (primary N) is 1. The maximum absolute atomic E-state index is 12.0. The third-order valence-electron chi connectivity index (χ3n) is 1.79. The smallest absolute Gasteiger partial charge is 0.422 e. The van der Waals surface area contributed by atoms with Crippen LogP contribution in [0.1, 0.15) is 0 Å². The van der Waals surface area contributed by atoms with Crippen molar-refractivity contribution in [2.45, 2.75) is 6.18 Å². The van der Waals surface area contributed by atoms with Gasteiger partial charge in [-0.25, -0.2) is 0 Å². The lowest BCUT2D eigenvalue weighted by atomic mass is 10.3. The Bertz CT molecular complexity index is 438. The molecule has 0 bridgehead atoms. The number of alkyl halides is 3. The van der Waals surface area contributed by atoms with Crippen LogP contribution in [0, 0.1) is 0 Å². The average Bonchev–Trinajstić information content (AvgIpc) is 2.28. The van der Waals surface area contributed by atoms with E-state index in [0.717, 1.165) is 0 Å². The fraction of sp³-hybridized carbons (Fsp3) is 0.300. The lowest BCUT2D eigenvalue weighted by Gasteiger charge is -2.13. The molecule has 3 N–H and O–H groups in total. The summed E-state index contributed by atoms with van der Waals surface area (Å²) < 4.78 is 40.7. The molecule has 0 aliphatic heterocycles. The van der Waals surface area contributed by atoms with Gasteiger partial charge in [0.2, 0.25) is 5.91 Å². The summed E-state index contributed by atoms with van der Waals surface area (Å²) in [6, 6.07) is 3.93. The van der Waals surface area contributed by atoms with Gasteiger partial charge in [-0.05, 0) is 12.1 Å². The van der Waals surface area contributed by atoms with Gasteiger partial charge in [0.25, 0.3) is 0 Å². The van der Waals surface area contributed by atoms with Crippen LogP contribution in [0.3, 0.4) is 0 Å². The van der Waals surface area contributed by atoms with Crippen molar-refractivity contribution in [3.05, 3.63) is 23.2 Å². The fourth-order valence-corrected chi connectivity index (χ4v) is 1.24. The second-order valence-electron chi connectivity index (χ2n) is 3.30. The summed E-state index contributed by atoms with van der Waals surface area (Å²) in [5, 5.41) is 2.50.